The van der Waals surface area contributed by atoms with Gasteiger partial charge in [0.2, 0.25) is 0 Å². The average molecular weight is 248 g/mol. The van der Waals surface area contributed by atoms with Crippen LogP contribution in [0.4, 0.5) is 5.82 Å². The number of hydrogen-bond acceptors (Lipinski definition) is 5. The maximum atomic E-state index is 5.58. The predicted molar refractivity (Wildman–Crippen MR) is 69.7 cm³/mol. The number of anilines is 1. The maximum absolute atomic E-state index is 5.58. The molecule has 3 rings (SSSR count). The first-order chi connectivity index (χ1) is 8.83. The number of aryl methyl sites for hydroxylation is 1. The highest BCUT2D eigenvalue weighted by Crippen LogP contribution is 2.20. The Labute approximate surface area is 108 Å². The normalized spacial score (nSPS) is 24.3. The van der Waals surface area contributed by atoms with Gasteiger partial charge >= 0.3 is 0 Å². The van der Waals surface area contributed by atoms with Gasteiger partial charge in [0.05, 0.1) is 24.9 Å². The van der Waals surface area contributed by atoms with Gasteiger partial charge in [0.15, 0.2) is 5.82 Å². The molecule has 1 saturated heterocycles. The molecule has 1 atom stereocenters. The Morgan fingerprint density at radius 1 is 1.39 bits per heavy atom. The van der Waals surface area contributed by atoms with Gasteiger partial charge in [-0.1, -0.05) is 0 Å². The third-order valence-electron chi connectivity index (χ3n) is 3.53. The first-order valence-electron chi connectivity index (χ1n) is 6.71. The van der Waals surface area contributed by atoms with E-state index in [9.17, 15) is 0 Å². The number of nitrogens with one attached hydrogen (secondary N) is 1. The van der Waals surface area contributed by atoms with Crippen LogP contribution in [0.2, 0.25) is 0 Å². The smallest absolute Gasteiger partial charge is 0.151 e. The van der Waals surface area contributed by atoms with E-state index in [2.05, 4.69) is 26.5 Å². The van der Waals surface area contributed by atoms with Crippen molar-refractivity contribution in [3.8, 4) is 0 Å². The van der Waals surface area contributed by atoms with Gasteiger partial charge in [-0.15, -0.1) is 5.10 Å². The van der Waals surface area contributed by atoms with Crippen molar-refractivity contribution in [3.05, 3.63) is 17.8 Å². The lowest BCUT2D eigenvalue weighted by atomic mass is 10.2. The Morgan fingerprint density at radius 3 is 3.00 bits per heavy atom. The van der Waals surface area contributed by atoms with E-state index in [1.807, 2.05) is 13.0 Å². The fourth-order valence-electron chi connectivity index (χ4n) is 2.26. The molecule has 0 aromatic carbocycles. The standard InChI is InChI=1S/C13H20N4O/c1-10-2-5-13(16-15-10)17-6-7-18-9-12(17)8-14-11-3-4-11/h2,5,11-12,14H,3-4,6-9H2,1H3. The zero-order valence-electron chi connectivity index (χ0n) is 10.8. The molecule has 0 bridgehead atoms. The fourth-order valence-corrected chi connectivity index (χ4v) is 2.26. The Kier molecular flexibility index (Phi) is 3.43. The summed E-state index contributed by atoms with van der Waals surface area (Å²) in [5, 5.41) is 12.0. The fraction of sp³-hybridized carbons (Fsp3) is 0.692. The lowest BCUT2D eigenvalue weighted by Gasteiger charge is -2.36. The molecule has 1 aliphatic carbocycles. The van der Waals surface area contributed by atoms with Crippen LogP contribution >= 0.6 is 0 Å². The molecule has 1 saturated carbocycles. The first kappa shape index (κ1) is 11.9. The zero-order valence-corrected chi connectivity index (χ0v) is 10.8. The molecule has 1 aliphatic heterocycles. The van der Waals surface area contributed by atoms with Crippen LogP contribution in [0.5, 0.6) is 0 Å². The van der Waals surface area contributed by atoms with Gasteiger partial charge in [0.25, 0.3) is 0 Å². The van der Waals surface area contributed by atoms with E-state index in [4.69, 9.17) is 4.74 Å². The molecular formula is C13H20N4O. The van der Waals surface area contributed by atoms with E-state index in [0.717, 1.165) is 43.9 Å². The Balaban J connectivity index is 1.67. The highest BCUT2D eigenvalue weighted by molar-refractivity contribution is 5.39. The summed E-state index contributed by atoms with van der Waals surface area (Å²) in [6, 6.07) is 5.18. The monoisotopic (exact) mass is 248 g/mol. The maximum Gasteiger partial charge on any atom is 0.151 e. The van der Waals surface area contributed by atoms with Gasteiger partial charge in [-0.25, -0.2) is 0 Å². The summed E-state index contributed by atoms with van der Waals surface area (Å²) in [4.78, 5) is 2.31. The van der Waals surface area contributed by atoms with Crippen LogP contribution in [0.15, 0.2) is 12.1 Å². The van der Waals surface area contributed by atoms with Crippen molar-refractivity contribution >= 4 is 5.82 Å². The van der Waals surface area contributed by atoms with E-state index < -0.39 is 0 Å². The van der Waals surface area contributed by atoms with E-state index in [1.54, 1.807) is 0 Å². The van der Waals surface area contributed by atoms with Crippen LogP contribution in [0.3, 0.4) is 0 Å². The Bertz CT molecular complexity index is 390. The molecule has 2 fully saturated rings. The highest BCUT2D eigenvalue weighted by Gasteiger charge is 2.27. The second-order valence-corrected chi connectivity index (χ2v) is 5.14. The molecule has 2 heterocycles. The van der Waals surface area contributed by atoms with Gasteiger partial charge in [0, 0.05) is 19.1 Å². The van der Waals surface area contributed by atoms with E-state index in [0.29, 0.717) is 6.04 Å². The molecule has 0 amide bonds. The minimum Gasteiger partial charge on any atom is -0.377 e. The van der Waals surface area contributed by atoms with Crippen molar-refractivity contribution in [2.24, 2.45) is 0 Å². The molecule has 0 spiro atoms. The minimum atomic E-state index is 0.372. The summed E-state index contributed by atoms with van der Waals surface area (Å²) in [7, 11) is 0. The number of ether oxygens (including phenoxy) is 1. The molecule has 1 unspecified atom stereocenters. The van der Waals surface area contributed by atoms with Crippen LogP contribution in [-0.4, -0.2) is 48.6 Å². The van der Waals surface area contributed by atoms with Gasteiger partial charge in [-0.3, -0.25) is 0 Å². The molecule has 18 heavy (non-hydrogen) atoms. The predicted octanol–water partition coefficient (Wildman–Crippen LogP) is 0.742. The third-order valence-corrected chi connectivity index (χ3v) is 3.53. The molecule has 1 aromatic rings. The molecule has 1 aromatic heterocycles. The number of nitrogens with zero attached hydrogens (tertiary/aromatic N) is 3. The number of rotatable bonds is 4. The van der Waals surface area contributed by atoms with E-state index >= 15 is 0 Å². The Hall–Kier alpha value is -1.20. The van der Waals surface area contributed by atoms with Crippen LogP contribution in [-0.2, 0) is 4.74 Å². The molecule has 0 radical (unpaired) electrons. The van der Waals surface area contributed by atoms with Gasteiger partial charge < -0.3 is 15.0 Å². The van der Waals surface area contributed by atoms with Gasteiger partial charge in [0.1, 0.15) is 0 Å². The summed E-state index contributed by atoms with van der Waals surface area (Å²) >= 11 is 0. The van der Waals surface area contributed by atoms with Crippen molar-refractivity contribution in [2.75, 3.05) is 31.2 Å². The van der Waals surface area contributed by atoms with Crippen molar-refractivity contribution in [3.63, 3.8) is 0 Å². The summed E-state index contributed by atoms with van der Waals surface area (Å²) < 4.78 is 5.58. The van der Waals surface area contributed by atoms with Gasteiger partial charge in [-0.2, -0.15) is 5.10 Å². The summed E-state index contributed by atoms with van der Waals surface area (Å²) in [5.74, 6) is 0.964. The van der Waals surface area contributed by atoms with Crippen LogP contribution in [0, 0.1) is 6.92 Å². The second-order valence-electron chi connectivity index (χ2n) is 5.14. The van der Waals surface area contributed by atoms with Crippen molar-refractivity contribution in [1.82, 2.24) is 15.5 Å². The van der Waals surface area contributed by atoms with Crippen molar-refractivity contribution in [1.29, 1.82) is 0 Å². The lowest BCUT2D eigenvalue weighted by Crippen LogP contribution is -2.51. The van der Waals surface area contributed by atoms with Crippen LogP contribution < -0.4 is 10.2 Å². The largest absolute Gasteiger partial charge is 0.377 e. The van der Waals surface area contributed by atoms with E-state index in [-0.39, 0.29) is 0 Å². The number of aromatic nitrogens is 2. The van der Waals surface area contributed by atoms with Crippen LogP contribution in [0.25, 0.3) is 0 Å². The molecule has 5 heteroatoms. The third kappa shape index (κ3) is 2.79. The highest BCUT2D eigenvalue weighted by atomic mass is 16.5. The summed E-state index contributed by atoms with van der Waals surface area (Å²) in [5.41, 5.74) is 0.958. The molecule has 2 aliphatic rings. The minimum absolute atomic E-state index is 0.372. The SMILES string of the molecule is Cc1ccc(N2CCOCC2CNC2CC2)nn1. The molecule has 1 N–H and O–H groups in total. The first-order valence-corrected chi connectivity index (χ1v) is 6.71. The van der Waals surface area contributed by atoms with E-state index in [1.165, 1.54) is 12.8 Å². The van der Waals surface area contributed by atoms with Crippen molar-refractivity contribution in [2.45, 2.75) is 31.8 Å². The average Bonchev–Trinajstić information content (AvgIpc) is 3.22. The topological polar surface area (TPSA) is 50.3 Å². The summed E-state index contributed by atoms with van der Waals surface area (Å²) in [6.07, 6.45) is 2.63. The molecule has 98 valence electrons. The Morgan fingerprint density at radius 2 is 2.28 bits per heavy atom. The number of hydrogen-bond donors (Lipinski definition) is 1. The molecule has 5 nitrogen and oxygen atoms in total. The second kappa shape index (κ2) is 5.20. The van der Waals surface area contributed by atoms with Gasteiger partial charge in [-0.05, 0) is 31.9 Å². The quantitative estimate of drug-likeness (QED) is 0.852. The molecular weight excluding hydrogens is 228 g/mol. The lowest BCUT2D eigenvalue weighted by molar-refractivity contribution is 0.0931. The summed E-state index contributed by atoms with van der Waals surface area (Å²) in [6.45, 7) is 5.38. The zero-order chi connectivity index (χ0) is 12.4. The van der Waals surface area contributed by atoms with Crippen LogP contribution in [0.1, 0.15) is 18.5 Å². The number of morpholine rings is 1. The van der Waals surface area contributed by atoms with Crippen molar-refractivity contribution < 1.29 is 4.74 Å².